The third kappa shape index (κ3) is 7.54. The van der Waals surface area contributed by atoms with Crippen molar-refractivity contribution in [3.05, 3.63) is 0 Å². The number of hydrogen-bond donors (Lipinski definition) is 4. The summed E-state index contributed by atoms with van der Waals surface area (Å²) in [6.45, 7) is 0.451. The average Bonchev–Trinajstić information content (AvgIpc) is 3.41. The predicted octanol–water partition coefficient (Wildman–Crippen LogP) is -0.138. The molecule has 196 valence electrons. The van der Waals surface area contributed by atoms with Gasteiger partial charge in [-0.25, -0.2) is 9.59 Å². The summed E-state index contributed by atoms with van der Waals surface area (Å²) in [7, 11) is -4.76. The molecule has 0 aliphatic carbocycles. The normalized spacial score (nSPS) is 25.9. The van der Waals surface area contributed by atoms with E-state index < -0.39 is 39.6 Å². The highest BCUT2D eigenvalue weighted by atomic mass is 32.2. The standard InChI is InChI=1S/C20H30N4O9S2/c25-15(7-4-3-6-13-18-12(11-34-13)22-20(29)23-18)21-9-5-1-2-8-17(27)33-24-16(26)10-14(19(24)28)35(30,31)32/h12-14,18H,1-11H2,(H,21,25)(H2,22,23,29)(H,30,31,32)/t12-,13-,14?,18-/m0/s1. The zero-order chi connectivity index (χ0) is 25.6. The van der Waals surface area contributed by atoms with Gasteiger partial charge in [0.1, 0.15) is 0 Å². The minimum absolute atomic E-state index is 0.0448. The van der Waals surface area contributed by atoms with Crippen molar-refractivity contribution in [3.63, 3.8) is 0 Å². The second-order valence-electron chi connectivity index (χ2n) is 8.73. The first-order valence-corrected chi connectivity index (χ1v) is 14.1. The van der Waals surface area contributed by atoms with E-state index in [-0.39, 0.29) is 35.5 Å². The molecular weight excluding hydrogens is 504 g/mol. The van der Waals surface area contributed by atoms with Crippen molar-refractivity contribution >= 4 is 51.6 Å². The van der Waals surface area contributed by atoms with Gasteiger partial charge in [0.15, 0.2) is 5.25 Å². The van der Waals surface area contributed by atoms with Crippen LogP contribution in [0.5, 0.6) is 0 Å². The minimum atomic E-state index is -4.76. The highest BCUT2D eigenvalue weighted by Crippen LogP contribution is 2.33. The zero-order valence-electron chi connectivity index (χ0n) is 19.1. The molecule has 3 saturated heterocycles. The molecule has 0 bridgehead atoms. The van der Waals surface area contributed by atoms with Crippen molar-refractivity contribution in [1.29, 1.82) is 0 Å². The van der Waals surface area contributed by atoms with Crippen LogP contribution < -0.4 is 16.0 Å². The molecule has 0 spiro atoms. The number of nitrogens with zero attached hydrogens (tertiary/aromatic N) is 1. The van der Waals surface area contributed by atoms with Crippen LogP contribution in [-0.2, 0) is 34.1 Å². The van der Waals surface area contributed by atoms with Gasteiger partial charge in [-0.2, -0.15) is 20.2 Å². The first-order valence-electron chi connectivity index (χ1n) is 11.6. The van der Waals surface area contributed by atoms with Crippen molar-refractivity contribution in [2.45, 2.75) is 80.4 Å². The molecule has 3 aliphatic heterocycles. The molecule has 4 N–H and O–H groups in total. The van der Waals surface area contributed by atoms with Crippen molar-refractivity contribution in [2.24, 2.45) is 0 Å². The number of hydrogen-bond acceptors (Lipinski definition) is 9. The molecule has 3 fully saturated rings. The first kappa shape index (κ1) is 27.2. The number of amides is 5. The predicted molar refractivity (Wildman–Crippen MR) is 123 cm³/mol. The van der Waals surface area contributed by atoms with Crippen molar-refractivity contribution in [3.8, 4) is 0 Å². The highest BCUT2D eigenvalue weighted by Gasteiger charge is 2.48. The minimum Gasteiger partial charge on any atom is -0.356 e. The fourth-order valence-electron chi connectivity index (χ4n) is 4.22. The van der Waals surface area contributed by atoms with E-state index in [0.29, 0.717) is 37.5 Å². The van der Waals surface area contributed by atoms with Crippen molar-refractivity contribution < 1.29 is 41.8 Å². The number of imide groups is 1. The third-order valence-corrected chi connectivity index (χ3v) is 8.67. The number of rotatable bonds is 13. The van der Waals surface area contributed by atoms with Gasteiger partial charge < -0.3 is 20.8 Å². The Bertz CT molecular complexity index is 958. The summed E-state index contributed by atoms with van der Waals surface area (Å²) >= 11 is 1.85. The maximum Gasteiger partial charge on any atom is 0.333 e. The van der Waals surface area contributed by atoms with E-state index in [9.17, 15) is 32.4 Å². The second-order valence-corrected chi connectivity index (χ2v) is 11.6. The maximum absolute atomic E-state index is 12.0. The Morgan fingerprint density at radius 1 is 1.09 bits per heavy atom. The quantitative estimate of drug-likeness (QED) is 0.107. The largest absolute Gasteiger partial charge is 0.356 e. The molecule has 0 radical (unpaired) electrons. The van der Waals surface area contributed by atoms with Crippen LogP contribution in [0.4, 0.5) is 4.79 Å². The molecule has 4 atom stereocenters. The summed E-state index contributed by atoms with van der Waals surface area (Å²) in [6, 6.07) is 0.265. The molecular formula is C20H30N4O9S2. The lowest BCUT2D eigenvalue weighted by Crippen LogP contribution is -2.36. The van der Waals surface area contributed by atoms with Gasteiger partial charge in [0.25, 0.3) is 21.9 Å². The molecule has 3 rings (SSSR count). The molecule has 35 heavy (non-hydrogen) atoms. The molecule has 0 aromatic carbocycles. The summed E-state index contributed by atoms with van der Waals surface area (Å²) in [5, 5.41) is 7.20. The topological polar surface area (TPSA) is 188 Å². The second kappa shape index (κ2) is 12.0. The summed E-state index contributed by atoms with van der Waals surface area (Å²) in [6.07, 6.45) is 3.76. The van der Waals surface area contributed by atoms with Gasteiger partial charge in [-0.15, -0.1) is 5.06 Å². The molecule has 0 aromatic heterocycles. The van der Waals surface area contributed by atoms with Crippen LogP contribution in [0, 0.1) is 0 Å². The van der Waals surface area contributed by atoms with Crippen LogP contribution in [0.25, 0.3) is 0 Å². The number of unbranched alkanes of at least 4 members (excludes halogenated alkanes) is 3. The Morgan fingerprint density at radius 2 is 1.83 bits per heavy atom. The van der Waals surface area contributed by atoms with Gasteiger partial charge in [-0.05, 0) is 25.7 Å². The monoisotopic (exact) mass is 534 g/mol. The fourth-order valence-corrected chi connectivity index (χ4v) is 6.47. The van der Waals surface area contributed by atoms with E-state index in [4.69, 9.17) is 4.55 Å². The smallest absolute Gasteiger partial charge is 0.333 e. The van der Waals surface area contributed by atoms with Crippen molar-refractivity contribution in [1.82, 2.24) is 21.0 Å². The number of fused-ring (bicyclic) bond motifs is 1. The lowest BCUT2D eigenvalue weighted by Gasteiger charge is -2.16. The SMILES string of the molecule is O=C(CCCC[C@@H]1SC[C@@H]2NC(=O)N[C@@H]21)NCCCCCC(=O)ON1C(=O)CC(S(=O)(=O)O)C1=O. The van der Waals surface area contributed by atoms with Crippen LogP contribution >= 0.6 is 11.8 Å². The zero-order valence-corrected chi connectivity index (χ0v) is 20.7. The Balaban J connectivity index is 1.19. The van der Waals surface area contributed by atoms with E-state index in [1.54, 1.807) is 0 Å². The van der Waals surface area contributed by atoms with Gasteiger partial charge in [-0.3, -0.25) is 18.9 Å². The first-order chi connectivity index (χ1) is 16.6. The van der Waals surface area contributed by atoms with Crippen LogP contribution in [0.15, 0.2) is 0 Å². The molecule has 1 unspecified atom stereocenters. The molecule has 3 heterocycles. The number of nitrogens with one attached hydrogen (secondary N) is 3. The van der Waals surface area contributed by atoms with E-state index in [1.807, 2.05) is 11.8 Å². The van der Waals surface area contributed by atoms with Gasteiger partial charge in [0.05, 0.1) is 18.5 Å². The summed E-state index contributed by atoms with van der Waals surface area (Å²) in [4.78, 5) is 63.3. The number of thioether (sulfide) groups is 1. The van der Waals surface area contributed by atoms with E-state index in [2.05, 4.69) is 20.8 Å². The Kier molecular flexibility index (Phi) is 9.35. The average molecular weight is 535 g/mol. The van der Waals surface area contributed by atoms with Crippen LogP contribution in [-0.4, -0.2) is 82.6 Å². The fraction of sp³-hybridized carbons (Fsp3) is 0.750. The highest BCUT2D eigenvalue weighted by molar-refractivity contribution is 8.00. The molecule has 0 saturated carbocycles. The van der Waals surface area contributed by atoms with Crippen LogP contribution in [0.2, 0.25) is 0 Å². The van der Waals surface area contributed by atoms with Crippen LogP contribution in [0.3, 0.4) is 0 Å². The molecule has 15 heteroatoms. The van der Waals surface area contributed by atoms with Gasteiger partial charge in [-0.1, -0.05) is 12.8 Å². The maximum atomic E-state index is 12.0. The van der Waals surface area contributed by atoms with E-state index >= 15 is 0 Å². The number of carbonyl (C=O) groups is 5. The number of carbonyl (C=O) groups excluding carboxylic acids is 5. The molecule has 5 amide bonds. The number of hydroxylamine groups is 2. The summed E-state index contributed by atoms with van der Waals surface area (Å²) in [5.41, 5.74) is 0. The lowest BCUT2D eigenvalue weighted by atomic mass is 10.0. The molecule has 0 aromatic rings. The Hall–Kier alpha value is -2.39. The van der Waals surface area contributed by atoms with E-state index in [0.717, 1.165) is 25.0 Å². The number of urea groups is 1. The Labute approximate surface area is 207 Å². The lowest BCUT2D eigenvalue weighted by molar-refractivity contribution is -0.197. The summed E-state index contributed by atoms with van der Waals surface area (Å²) < 4.78 is 31.1. The summed E-state index contributed by atoms with van der Waals surface area (Å²) in [5.74, 6) is -2.30. The molecule has 3 aliphatic rings. The van der Waals surface area contributed by atoms with Gasteiger partial charge in [0, 0.05) is 30.4 Å². The van der Waals surface area contributed by atoms with Gasteiger partial charge >= 0.3 is 12.0 Å². The Morgan fingerprint density at radius 3 is 2.54 bits per heavy atom. The van der Waals surface area contributed by atoms with E-state index in [1.165, 1.54) is 0 Å². The van der Waals surface area contributed by atoms with Gasteiger partial charge in [0.2, 0.25) is 5.91 Å². The molecule has 13 nitrogen and oxygen atoms in total. The van der Waals surface area contributed by atoms with Crippen molar-refractivity contribution in [2.75, 3.05) is 12.3 Å². The van der Waals surface area contributed by atoms with Crippen LogP contribution in [0.1, 0.15) is 57.8 Å². The third-order valence-electron chi connectivity index (χ3n) is 6.08.